The highest BCUT2D eigenvalue weighted by Crippen LogP contribution is 2.39. The quantitative estimate of drug-likeness (QED) is 0.178. The van der Waals surface area contributed by atoms with Gasteiger partial charge in [0.05, 0.1) is 0 Å². The van der Waals surface area contributed by atoms with E-state index in [4.69, 9.17) is 0 Å². The van der Waals surface area contributed by atoms with Gasteiger partial charge in [0.2, 0.25) is 0 Å². The predicted octanol–water partition coefficient (Wildman–Crippen LogP) is 12.0. The van der Waals surface area contributed by atoms with Crippen molar-refractivity contribution in [1.82, 2.24) is 0 Å². The molecule has 0 heterocycles. The molecule has 0 unspecified atom stereocenters. The van der Waals surface area contributed by atoms with Crippen LogP contribution in [0.15, 0.2) is 155 Å². The maximum absolute atomic E-state index is 2.31. The molecule has 0 aliphatic carbocycles. The molecule has 43 heavy (non-hydrogen) atoms. The Hall–Kier alpha value is -4.73. The summed E-state index contributed by atoms with van der Waals surface area (Å²) in [7, 11) is 0. The molecule has 0 aliphatic rings. The number of nitrogens with zero attached hydrogens (tertiary/aromatic N) is 2. The summed E-state index contributed by atoms with van der Waals surface area (Å²) in [5.74, 6) is 0. The molecule has 0 atom stereocenters. The maximum atomic E-state index is 2.31. The van der Waals surface area contributed by atoms with Crippen LogP contribution in [0.4, 0.5) is 34.1 Å². The standard InChI is InChI=1S/C40H36N2S/c1-29-5-13-33(14-6-29)41(34-15-7-30(2)8-16-34)37-21-25-39(26-22-37)43-40-27-23-38(24-28-40)42(35-17-9-31(3)10-18-35)36-19-11-32(4)12-20-36/h5-28H,1-4H3. The summed E-state index contributed by atoms with van der Waals surface area (Å²) in [6, 6.07) is 52.6. The van der Waals surface area contributed by atoms with E-state index >= 15 is 0 Å². The first kappa shape index (κ1) is 28.4. The first-order chi connectivity index (χ1) is 20.9. The van der Waals surface area contributed by atoms with Gasteiger partial charge in [0.25, 0.3) is 0 Å². The molecule has 0 bridgehead atoms. The molecule has 212 valence electrons. The van der Waals surface area contributed by atoms with Crippen molar-refractivity contribution in [1.29, 1.82) is 0 Å². The van der Waals surface area contributed by atoms with Gasteiger partial charge in [-0.25, -0.2) is 0 Å². The Morgan fingerprint density at radius 3 is 0.674 bits per heavy atom. The largest absolute Gasteiger partial charge is 0.311 e. The molecule has 0 saturated carbocycles. The highest BCUT2D eigenvalue weighted by Gasteiger charge is 2.14. The zero-order chi connectivity index (χ0) is 29.8. The van der Waals surface area contributed by atoms with E-state index in [1.54, 1.807) is 11.8 Å². The molecular weight excluding hydrogens is 541 g/mol. The van der Waals surface area contributed by atoms with Crippen molar-refractivity contribution >= 4 is 45.9 Å². The van der Waals surface area contributed by atoms with E-state index in [0.717, 1.165) is 34.1 Å². The molecule has 0 radical (unpaired) electrons. The number of rotatable bonds is 8. The molecule has 0 amide bonds. The molecular formula is C40H36N2S. The van der Waals surface area contributed by atoms with Crippen LogP contribution in [-0.2, 0) is 0 Å². The maximum Gasteiger partial charge on any atom is 0.0462 e. The second-order valence-electron chi connectivity index (χ2n) is 11.1. The minimum absolute atomic E-state index is 1.14. The van der Waals surface area contributed by atoms with Crippen molar-refractivity contribution in [2.24, 2.45) is 0 Å². The van der Waals surface area contributed by atoms with Gasteiger partial charge >= 0.3 is 0 Å². The van der Waals surface area contributed by atoms with Crippen molar-refractivity contribution in [3.05, 3.63) is 168 Å². The van der Waals surface area contributed by atoms with Gasteiger partial charge in [-0.15, -0.1) is 0 Å². The number of hydrogen-bond acceptors (Lipinski definition) is 3. The zero-order valence-corrected chi connectivity index (χ0v) is 26.0. The molecule has 0 fully saturated rings. The molecule has 6 rings (SSSR count). The lowest BCUT2D eigenvalue weighted by Crippen LogP contribution is -2.10. The highest BCUT2D eigenvalue weighted by atomic mass is 32.2. The zero-order valence-electron chi connectivity index (χ0n) is 25.2. The molecule has 6 aromatic rings. The summed E-state index contributed by atoms with van der Waals surface area (Å²) in [6.45, 7) is 8.50. The van der Waals surface area contributed by atoms with Gasteiger partial charge in [-0.1, -0.05) is 82.5 Å². The van der Waals surface area contributed by atoms with Crippen molar-refractivity contribution in [2.75, 3.05) is 9.80 Å². The predicted molar refractivity (Wildman–Crippen MR) is 185 cm³/mol. The molecule has 0 aromatic heterocycles. The summed E-state index contributed by atoms with van der Waals surface area (Å²) in [4.78, 5) is 7.04. The Labute approximate surface area is 260 Å². The van der Waals surface area contributed by atoms with Crippen LogP contribution >= 0.6 is 11.8 Å². The van der Waals surface area contributed by atoms with E-state index in [1.807, 2.05) is 0 Å². The van der Waals surface area contributed by atoms with Gasteiger partial charge in [-0.3, -0.25) is 0 Å². The lowest BCUT2D eigenvalue weighted by Gasteiger charge is -2.26. The van der Waals surface area contributed by atoms with E-state index in [9.17, 15) is 0 Å². The van der Waals surface area contributed by atoms with E-state index in [1.165, 1.54) is 32.0 Å². The lowest BCUT2D eigenvalue weighted by molar-refractivity contribution is 1.25. The first-order valence-corrected chi connectivity index (χ1v) is 15.5. The summed E-state index contributed by atoms with van der Waals surface area (Å²) in [6.07, 6.45) is 0. The molecule has 0 spiro atoms. The average Bonchev–Trinajstić information content (AvgIpc) is 3.03. The van der Waals surface area contributed by atoms with Gasteiger partial charge in [0.15, 0.2) is 0 Å². The van der Waals surface area contributed by atoms with Crippen LogP contribution in [0, 0.1) is 27.7 Å². The normalized spacial score (nSPS) is 10.9. The van der Waals surface area contributed by atoms with Gasteiger partial charge in [0, 0.05) is 43.9 Å². The Balaban J connectivity index is 1.24. The van der Waals surface area contributed by atoms with Gasteiger partial charge < -0.3 is 9.80 Å². The summed E-state index contributed by atoms with van der Waals surface area (Å²) in [5.41, 5.74) is 11.9. The summed E-state index contributed by atoms with van der Waals surface area (Å²) < 4.78 is 0. The lowest BCUT2D eigenvalue weighted by atomic mass is 10.1. The smallest absolute Gasteiger partial charge is 0.0462 e. The first-order valence-electron chi connectivity index (χ1n) is 14.7. The number of hydrogen-bond donors (Lipinski definition) is 0. The Morgan fingerprint density at radius 2 is 0.465 bits per heavy atom. The van der Waals surface area contributed by atoms with Crippen LogP contribution in [0.25, 0.3) is 0 Å². The SMILES string of the molecule is Cc1ccc(N(c2ccc(C)cc2)c2ccc(Sc3ccc(N(c4ccc(C)cc4)c4ccc(C)cc4)cc3)cc2)cc1. The summed E-state index contributed by atoms with van der Waals surface area (Å²) in [5, 5.41) is 0. The molecule has 2 nitrogen and oxygen atoms in total. The van der Waals surface area contributed by atoms with Gasteiger partial charge in [-0.05, 0) is 125 Å². The van der Waals surface area contributed by atoms with Crippen molar-refractivity contribution in [2.45, 2.75) is 37.5 Å². The highest BCUT2D eigenvalue weighted by molar-refractivity contribution is 7.99. The minimum Gasteiger partial charge on any atom is -0.311 e. The van der Waals surface area contributed by atoms with E-state index in [-0.39, 0.29) is 0 Å². The van der Waals surface area contributed by atoms with Crippen LogP contribution in [0.1, 0.15) is 22.3 Å². The fourth-order valence-corrected chi connectivity index (χ4v) is 5.95. The van der Waals surface area contributed by atoms with Crippen LogP contribution in [-0.4, -0.2) is 0 Å². The Morgan fingerprint density at radius 1 is 0.279 bits per heavy atom. The van der Waals surface area contributed by atoms with Crippen LogP contribution < -0.4 is 9.80 Å². The molecule has 0 N–H and O–H groups in total. The molecule has 0 saturated heterocycles. The van der Waals surface area contributed by atoms with Crippen LogP contribution in [0.2, 0.25) is 0 Å². The molecule has 0 aliphatic heterocycles. The van der Waals surface area contributed by atoms with Crippen molar-refractivity contribution in [3.8, 4) is 0 Å². The second kappa shape index (κ2) is 12.6. The minimum atomic E-state index is 1.14. The second-order valence-corrected chi connectivity index (χ2v) is 12.2. The van der Waals surface area contributed by atoms with Crippen molar-refractivity contribution in [3.63, 3.8) is 0 Å². The third-order valence-corrected chi connectivity index (χ3v) is 8.61. The Bertz CT molecular complexity index is 1540. The summed E-state index contributed by atoms with van der Waals surface area (Å²) >= 11 is 1.78. The topological polar surface area (TPSA) is 6.48 Å². The molecule has 3 heteroatoms. The van der Waals surface area contributed by atoms with Crippen LogP contribution in [0.5, 0.6) is 0 Å². The van der Waals surface area contributed by atoms with E-state index < -0.39 is 0 Å². The third kappa shape index (κ3) is 6.69. The molecule has 6 aromatic carbocycles. The number of anilines is 6. The Kier molecular flexibility index (Phi) is 8.35. The fourth-order valence-electron chi connectivity index (χ4n) is 5.13. The van der Waals surface area contributed by atoms with E-state index in [2.05, 4.69) is 183 Å². The number of aryl methyl sites for hydroxylation is 4. The average molecular weight is 577 g/mol. The third-order valence-electron chi connectivity index (χ3n) is 7.59. The monoisotopic (exact) mass is 576 g/mol. The number of benzene rings is 6. The van der Waals surface area contributed by atoms with Crippen LogP contribution in [0.3, 0.4) is 0 Å². The van der Waals surface area contributed by atoms with Crippen molar-refractivity contribution < 1.29 is 0 Å². The van der Waals surface area contributed by atoms with Gasteiger partial charge in [-0.2, -0.15) is 0 Å². The van der Waals surface area contributed by atoms with Gasteiger partial charge in [0.1, 0.15) is 0 Å². The fraction of sp³-hybridized carbons (Fsp3) is 0.100. The van der Waals surface area contributed by atoms with E-state index in [0.29, 0.717) is 0 Å².